The fraction of sp³-hybridized carbons (Fsp3) is 0.432. The number of halogens is 3. The van der Waals surface area contributed by atoms with Crippen LogP contribution in [-0.4, -0.2) is 226 Å². The van der Waals surface area contributed by atoms with Gasteiger partial charge in [0.15, 0.2) is 41.7 Å². The Bertz CT molecular complexity index is 5280. The van der Waals surface area contributed by atoms with Crippen LogP contribution in [0.25, 0.3) is 11.1 Å². The molecule has 0 spiro atoms. The average molecular weight is 1820 g/mol. The number of Topliss-reactive ketones (excluding diaryl/α,β-unsaturated/α-hetero) is 2. The van der Waals surface area contributed by atoms with Crippen molar-refractivity contribution in [3.63, 3.8) is 0 Å². The van der Waals surface area contributed by atoms with E-state index in [9.17, 15) is 75.7 Å². The number of hydrogen-bond donors (Lipinski definition) is 19. The van der Waals surface area contributed by atoms with E-state index in [4.69, 9.17) is 88.9 Å². The van der Waals surface area contributed by atoms with Crippen LogP contribution in [0.5, 0.6) is 57.5 Å². The summed E-state index contributed by atoms with van der Waals surface area (Å²) in [5.41, 5.74) is 9.29. The highest BCUT2D eigenvalue weighted by Gasteiger charge is 2.53. The van der Waals surface area contributed by atoms with Gasteiger partial charge < -0.3 is 142 Å². The van der Waals surface area contributed by atoms with Crippen molar-refractivity contribution in [1.29, 1.82) is 0 Å². The second-order valence-corrected chi connectivity index (χ2v) is 34.3. The Labute approximate surface area is 741 Å². The molecule has 0 saturated carbocycles. The lowest BCUT2D eigenvalue weighted by Crippen LogP contribution is -2.64. The molecule has 39 heteroatoms. The van der Waals surface area contributed by atoms with E-state index in [1.54, 1.807) is 42.5 Å². The number of primary amides is 1. The predicted molar refractivity (Wildman–Crippen MR) is 448 cm³/mol. The molecule has 21 N–H and O–H groups in total. The van der Waals surface area contributed by atoms with E-state index < -0.39 is 280 Å². The van der Waals surface area contributed by atoms with E-state index in [1.165, 1.54) is 45.2 Å². The first-order valence-corrected chi connectivity index (χ1v) is 42.0. The molecule has 11 bridgehead atoms. The van der Waals surface area contributed by atoms with E-state index in [0.717, 1.165) is 60.2 Å². The minimum atomic E-state index is -2.35. The second-order valence-electron chi connectivity index (χ2n) is 33.0. The normalized spacial score (nSPS) is 29.6. The van der Waals surface area contributed by atoms with Gasteiger partial charge in [-0.2, -0.15) is 0 Å². The maximum Gasteiger partial charge on any atom is 0.330 e. The number of rotatable bonds is 21. The monoisotopic (exact) mass is 1820 g/mol. The van der Waals surface area contributed by atoms with Gasteiger partial charge in [-0.25, -0.2) is 4.79 Å². The zero-order valence-corrected chi connectivity index (χ0v) is 71.1. The third-order valence-electron chi connectivity index (χ3n) is 23.2. The quantitative estimate of drug-likeness (QED) is 0.0429. The number of likely N-dealkylation sites (N-methyl/N-ethyl adjacent to an activating group) is 1. The fourth-order valence-corrected chi connectivity index (χ4v) is 17.1. The van der Waals surface area contributed by atoms with Gasteiger partial charge in [0.2, 0.25) is 41.6 Å². The van der Waals surface area contributed by atoms with Crippen molar-refractivity contribution in [3.8, 4) is 68.6 Å². The van der Waals surface area contributed by atoms with Crippen molar-refractivity contribution >= 4 is 81.9 Å². The molecule has 7 aromatic carbocycles. The maximum absolute atomic E-state index is 16.6. The minimum Gasteiger partial charge on any atom is -0.508 e. The fourth-order valence-electron chi connectivity index (χ4n) is 16.5. The number of nitrogens with one attached hydrogen (secondary N) is 5. The summed E-state index contributed by atoms with van der Waals surface area (Å²) in [5, 5.41) is 153. The number of fused-ring (bicyclic) bond motifs is 15. The number of aryl methyl sites for hydroxylation is 1. The number of amides is 5. The van der Waals surface area contributed by atoms with Crippen LogP contribution < -0.4 is 57.0 Å². The molecule has 23 atom stereocenters. The number of carboxylic acids is 1. The van der Waals surface area contributed by atoms with E-state index in [2.05, 4.69) is 26.6 Å². The van der Waals surface area contributed by atoms with Crippen LogP contribution in [-0.2, 0) is 68.5 Å². The lowest BCUT2D eigenvalue weighted by atomic mass is 9.84. The summed E-state index contributed by atoms with van der Waals surface area (Å²) in [4.78, 5) is 121. The number of phenols is 3. The first-order valence-electron chi connectivity index (χ1n) is 40.9. The molecule has 0 radical (unpaired) electrons. The maximum atomic E-state index is 16.6. The van der Waals surface area contributed by atoms with Crippen molar-refractivity contribution in [1.82, 2.24) is 26.6 Å². The molecule has 8 heterocycles. The highest BCUT2D eigenvalue weighted by atomic mass is 35.5. The summed E-state index contributed by atoms with van der Waals surface area (Å²) in [6, 6.07) is 18.3. The summed E-state index contributed by atoms with van der Waals surface area (Å²) in [5.74, 6) is -18.3. The molecule has 15 rings (SSSR count). The molecule has 680 valence electrons. The Morgan fingerprint density at radius 1 is 0.661 bits per heavy atom. The lowest BCUT2D eigenvalue weighted by Gasteiger charge is -2.46. The number of aliphatic hydroxyl groups excluding tert-OH is 8. The molecule has 0 aromatic heterocycles. The molecule has 3 fully saturated rings. The van der Waals surface area contributed by atoms with E-state index >= 15 is 24.0 Å². The number of ketones is 2. The Morgan fingerprint density at radius 3 is 1.97 bits per heavy atom. The zero-order valence-electron chi connectivity index (χ0n) is 68.9. The van der Waals surface area contributed by atoms with Crippen LogP contribution in [0.3, 0.4) is 0 Å². The third kappa shape index (κ3) is 21.1. The van der Waals surface area contributed by atoms with Crippen molar-refractivity contribution in [3.05, 3.63) is 176 Å². The number of phenolic OH excluding ortho intramolecular Hbond substituents is 3. The van der Waals surface area contributed by atoms with Crippen LogP contribution in [0.2, 0.25) is 15.1 Å². The van der Waals surface area contributed by atoms with Crippen LogP contribution in [0.15, 0.2) is 127 Å². The van der Waals surface area contributed by atoms with Crippen LogP contribution >= 0.6 is 34.8 Å². The molecule has 3 saturated heterocycles. The molecular formula is C88H98Cl3N7O29. The van der Waals surface area contributed by atoms with Crippen molar-refractivity contribution < 1.29 is 142 Å². The number of ether oxygens (including phenoxy) is 9. The summed E-state index contributed by atoms with van der Waals surface area (Å²) in [6.07, 6.45) is -29.9. The average Bonchev–Trinajstić information content (AvgIpc) is 0.761. The summed E-state index contributed by atoms with van der Waals surface area (Å²) < 4.78 is 57.6. The van der Waals surface area contributed by atoms with Crippen molar-refractivity contribution in [2.45, 2.75) is 213 Å². The molecule has 36 nitrogen and oxygen atoms in total. The zero-order chi connectivity index (χ0) is 91.6. The van der Waals surface area contributed by atoms with Gasteiger partial charge in [-0.15, -0.1) is 0 Å². The van der Waals surface area contributed by atoms with Gasteiger partial charge >= 0.3 is 5.97 Å². The number of benzene rings is 7. The highest BCUT2D eigenvalue weighted by Crippen LogP contribution is 2.51. The number of carbonyl (C=O) groups excluding carboxylic acids is 7. The van der Waals surface area contributed by atoms with Gasteiger partial charge in [0, 0.05) is 59.0 Å². The Balaban J connectivity index is 0.958. The number of aliphatic hydroxyl groups is 8. The van der Waals surface area contributed by atoms with Gasteiger partial charge in [0.25, 0.3) is 0 Å². The highest BCUT2D eigenvalue weighted by molar-refractivity contribution is 6.32. The van der Waals surface area contributed by atoms with Gasteiger partial charge in [-0.1, -0.05) is 79.0 Å². The van der Waals surface area contributed by atoms with Gasteiger partial charge in [0.1, 0.15) is 113 Å². The second kappa shape index (κ2) is 39.7. The molecule has 7 aromatic rings. The van der Waals surface area contributed by atoms with Crippen molar-refractivity contribution in [2.75, 3.05) is 13.7 Å². The number of nitrogens with two attached hydrogens (primary N) is 2. The number of carbonyl (C=O) groups is 8. The number of aromatic hydroxyl groups is 3. The van der Waals surface area contributed by atoms with Crippen LogP contribution in [0.4, 0.5) is 0 Å². The molecule has 127 heavy (non-hydrogen) atoms. The Hall–Kier alpha value is -10.4. The smallest absolute Gasteiger partial charge is 0.330 e. The Kier molecular flexibility index (Phi) is 29.4. The molecule has 8 aliphatic heterocycles. The third-order valence-corrected chi connectivity index (χ3v) is 24.0. The lowest BCUT2D eigenvalue weighted by molar-refractivity contribution is -0.351. The first kappa shape index (κ1) is 94.2. The van der Waals surface area contributed by atoms with E-state index in [0.29, 0.717) is 29.4 Å². The largest absolute Gasteiger partial charge is 0.508 e. The number of aliphatic carboxylic acids is 1. The van der Waals surface area contributed by atoms with Gasteiger partial charge in [0.05, 0.1) is 52.8 Å². The molecule has 0 aliphatic carbocycles. The molecule has 2 unspecified atom stereocenters. The first-order chi connectivity index (χ1) is 60.3. The molecular weight excluding hydrogens is 1730 g/mol. The summed E-state index contributed by atoms with van der Waals surface area (Å²) >= 11 is 20.6. The van der Waals surface area contributed by atoms with Gasteiger partial charge in [-0.05, 0) is 171 Å². The summed E-state index contributed by atoms with van der Waals surface area (Å²) in [6.45, 7) is 5.49. The SMILES string of the molecule is CN[C@H](CC(C)C)C(=O)NC1C(=O)C[C@@H](CC(N)=O)C(=O)N[C@H]2C(=O)C[C@H]3C(=O)N[C@H](C(=O)N[C@@H](C(=O)O)c4cc(O)cc(O)c4-c4cc3ccc4O)[C@H](OC3C[C@](C)(N)[C@@H](O)[C@H](C)O3)c3ccc(c(Cl)c3)Oc3cc2cc(c3O[C@@H]2O[C@H](CO)[C@@H](O[C@@H]3O[C@H](CCCc4cccc(Oc5ccc(Cl)cc5)c4)[C@H](O)[C@H](O)[C@H]3O)[C@H](O)[C@H]2O)Oc2ccc(cc2Cl)[C@H]1O. The number of carboxylic acid groups (broad SMARTS) is 1. The minimum absolute atomic E-state index is 0.0449. The van der Waals surface area contributed by atoms with E-state index in [1.807, 2.05) is 19.9 Å². The van der Waals surface area contributed by atoms with Crippen molar-refractivity contribution in [2.24, 2.45) is 23.3 Å². The predicted octanol–water partition coefficient (Wildman–Crippen LogP) is 5.38. The Morgan fingerprint density at radius 2 is 1.32 bits per heavy atom. The van der Waals surface area contributed by atoms with Crippen LogP contribution in [0, 0.1) is 11.8 Å². The number of hydrogen-bond acceptors (Lipinski definition) is 30. The van der Waals surface area contributed by atoms with E-state index in [-0.39, 0.29) is 52.6 Å². The van der Waals surface area contributed by atoms with Crippen LogP contribution in [0.1, 0.15) is 136 Å². The molecule has 5 amide bonds. The topological polar surface area (TPSA) is 575 Å². The standard InChI is InChI=1S/C88H98Cl3N7O29/c1-36(2)22-53(94-5)83(115)97-69-56(103)27-43(30-64(92)105)81(113)95-67-42-28-61(121-58-20-13-40(71(69)106)25-51(58)90)78(126-87-76(111)74(109)79(63(35-99)124-87)127-86-75(110)73(108)72(107)60(123-86)11-7-9-38-8-6-10-47(23-38)120-46-17-15-44(89)16-18-46)62(29-42)122-59-21-14-41(26-52(59)91)77(125-65-34-88(4,93)80(112)37(3)119-65)70-84(116)96-68(85(117)118)50-31-45(100)32-55(102)66(50)49-24-39(12-19-54(49)101)48(33-57(67)104)82(114)98-70/h6,8,10,12-21,23-26,28-29,31-32,36-37,43,48,53,60,63,65,67-77,79-80,86-87,94,99-102,106-112H,7,9,11,22,27,30,33-35,93H2,1-5H3,(H2,92,105)(H,95,113)(H,96,116)(H,97,115)(H,98,114)(H,117,118)/t37-,43-,48+,53+,60+,63+,65?,67+,68+,69?,70-,71+,72-,73-,74+,75+,76+,77+,79+,80-,86-,87-,88-/m0/s1. The molecule has 8 aliphatic rings. The summed E-state index contributed by atoms with van der Waals surface area (Å²) in [7, 11) is 1.48. The van der Waals surface area contributed by atoms with Gasteiger partial charge in [-0.3, -0.25) is 33.6 Å².